The summed E-state index contributed by atoms with van der Waals surface area (Å²) < 4.78 is 25.0. The van der Waals surface area contributed by atoms with Crippen molar-refractivity contribution in [3.05, 3.63) is 28.5 Å². The van der Waals surface area contributed by atoms with Crippen molar-refractivity contribution in [2.24, 2.45) is 0 Å². The van der Waals surface area contributed by atoms with Crippen molar-refractivity contribution in [1.29, 1.82) is 0 Å². The van der Waals surface area contributed by atoms with Crippen molar-refractivity contribution in [3.8, 4) is 0 Å². The van der Waals surface area contributed by atoms with Crippen molar-refractivity contribution in [2.75, 3.05) is 0 Å². The largest absolute Gasteiger partial charge is 0.477 e. The number of rotatable bonds is 1. The Labute approximate surface area is 70.6 Å². The lowest BCUT2D eigenvalue weighted by Crippen LogP contribution is -2.03. The fraction of sp³-hybridized carbons (Fsp3) is 0. The molecule has 64 valence electrons. The van der Waals surface area contributed by atoms with E-state index in [1.807, 2.05) is 0 Å². The van der Waals surface area contributed by atoms with E-state index < -0.39 is 28.5 Å². The molecule has 0 fully saturated rings. The first kappa shape index (κ1) is 8.86. The van der Waals surface area contributed by atoms with E-state index in [1.165, 1.54) is 0 Å². The van der Waals surface area contributed by atoms with Crippen molar-refractivity contribution < 1.29 is 18.7 Å². The first-order valence-corrected chi connectivity index (χ1v) is 3.15. The van der Waals surface area contributed by atoms with Gasteiger partial charge in [-0.3, -0.25) is 0 Å². The van der Waals surface area contributed by atoms with Crippen molar-refractivity contribution in [1.82, 2.24) is 4.98 Å². The van der Waals surface area contributed by atoms with Crippen LogP contribution in [0.3, 0.4) is 0 Å². The molecule has 1 aromatic heterocycles. The van der Waals surface area contributed by atoms with Gasteiger partial charge < -0.3 is 5.11 Å². The van der Waals surface area contributed by atoms with Crippen LogP contribution in [0.15, 0.2) is 6.07 Å². The lowest BCUT2D eigenvalue weighted by molar-refractivity contribution is 0.0688. The summed E-state index contributed by atoms with van der Waals surface area (Å²) in [6.07, 6.45) is 0. The third kappa shape index (κ3) is 1.50. The maximum Gasteiger partial charge on any atom is 0.354 e. The summed E-state index contributed by atoms with van der Waals surface area (Å²) in [5, 5.41) is 7.48. The van der Waals surface area contributed by atoms with Gasteiger partial charge in [-0.15, -0.1) is 0 Å². The van der Waals surface area contributed by atoms with Gasteiger partial charge in [-0.2, -0.15) is 4.39 Å². The highest BCUT2D eigenvalue weighted by molar-refractivity contribution is 6.30. The predicted octanol–water partition coefficient (Wildman–Crippen LogP) is 1.71. The number of carboxylic acids is 1. The molecule has 6 heteroatoms. The normalized spacial score (nSPS) is 9.92. The molecule has 12 heavy (non-hydrogen) atoms. The summed E-state index contributed by atoms with van der Waals surface area (Å²) in [4.78, 5) is 13.1. The van der Waals surface area contributed by atoms with Crippen LogP contribution in [0.4, 0.5) is 8.78 Å². The number of aromatic nitrogens is 1. The van der Waals surface area contributed by atoms with Gasteiger partial charge in [0.25, 0.3) is 0 Å². The summed E-state index contributed by atoms with van der Waals surface area (Å²) in [6, 6.07) is 0.549. The van der Waals surface area contributed by atoms with Gasteiger partial charge in [-0.05, 0) is 0 Å². The van der Waals surface area contributed by atoms with E-state index in [0.29, 0.717) is 6.07 Å². The Balaban J connectivity index is 3.31. The van der Waals surface area contributed by atoms with Crippen LogP contribution < -0.4 is 0 Å². The van der Waals surface area contributed by atoms with Gasteiger partial charge in [0.05, 0.1) is 0 Å². The van der Waals surface area contributed by atoms with Crippen LogP contribution in [0.5, 0.6) is 0 Å². The fourth-order valence-corrected chi connectivity index (χ4v) is 0.675. The smallest absolute Gasteiger partial charge is 0.354 e. The van der Waals surface area contributed by atoms with Gasteiger partial charge >= 0.3 is 5.97 Å². The molecule has 0 radical (unpaired) electrons. The maximum absolute atomic E-state index is 12.5. The topological polar surface area (TPSA) is 50.2 Å². The summed E-state index contributed by atoms with van der Waals surface area (Å²) in [7, 11) is 0. The molecular weight excluding hydrogens is 192 g/mol. The minimum absolute atomic E-state index is 0.549. The molecule has 0 unspecified atom stereocenters. The molecule has 1 N–H and O–H groups in total. The Hall–Kier alpha value is -1.23. The number of halogens is 3. The molecule has 0 amide bonds. The summed E-state index contributed by atoms with van der Waals surface area (Å²) in [6.45, 7) is 0. The number of aromatic carboxylic acids is 1. The molecule has 0 saturated heterocycles. The van der Waals surface area contributed by atoms with E-state index in [0.717, 1.165) is 0 Å². The van der Waals surface area contributed by atoms with E-state index >= 15 is 0 Å². The number of nitrogens with zero attached hydrogens (tertiary/aromatic N) is 1. The maximum atomic E-state index is 12.5. The Bertz CT molecular complexity index is 319. The average molecular weight is 194 g/mol. The molecule has 0 aromatic carbocycles. The Morgan fingerprint density at radius 3 is 2.58 bits per heavy atom. The molecule has 1 rings (SSSR count). The van der Waals surface area contributed by atoms with Crippen molar-refractivity contribution >= 4 is 17.6 Å². The van der Waals surface area contributed by atoms with Gasteiger partial charge in [-0.1, -0.05) is 11.6 Å². The third-order valence-corrected chi connectivity index (χ3v) is 1.43. The van der Waals surface area contributed by atoms with Gasteiger partial charge in [0.15, 0.2) is 5.69 Å². The quantitative estimate of drug-likeness (QED) is 0.691. The molecule has 0 bridgehead atoms. The predicted molar refractivity (Wildman–Crippen MR) is 36.1 cm³/mol. The number of carboxylic acid groups (broad SMARTS) is 1. The lowest BCUT2D eigenvalue weighted by atomic mass is 10.3. The minimum atomic E-state index is -1.51. The van der Waals surface area contributed by atoms with Gasteiger partial charge in [0, 0.05) is 6.07 Å². The zero-order valence-electron chi connectivity index (χ0n) is 5.51. The zero-order valence-corrected chi connectivity index (χ0v) is 6.27. The third-order valence-electron chi connectivity index (χ3n) is 1.09. The van der Waals surface area contributed by atoms with Gasteiger partial charge in [0.2, 0.25) is 5.95 Å². The molecule has 1 aromatic rings. The van der Waals surface area contributed by atoms with E-state index in [2.05, 4.69) is 4.98 Å². The second kappa shape index (κ2) is 3.02. The van der Waals surface area contributed by atoms with E-state index in [9.17, 15) is 13.6 Å². The fourth-order valence-electron chi connectivity index (χ4n) is 0.579. The van der Waals surface area contributed by atoms with Crippen LogP contribution >= 0.6 is 11.6 Å². The Morgan fingerprint density at radius 1 is 1.58 bits per heavy atom. The molecule has 0 aliphatic carbocycles. The van der Waals surface area contributed by atoms with Crippen molar-refractivity contribution in [3.63, 3.8) is 0 Å². The monoisotopic (exact) mass is 193 g/mol. The lowest BCUT2D eigenvalue weighted by Gasteiger charge is -1.97. The molecule has 0 spiro atoms. The molecule has 0 atom stereocenters. The molecular formula is C6H2ClF2NO2. The highest BCUT2D eigenvalue weighted by atomic mass is 35.5. The van der Waals surface area contributed by atoms with Crippen LogP contribution in [0.2, 0.25) is 5.02 Å². The van der Waals surface area contributed by atoms with E-state index in [4.69, 9.17) is 16.7 Å². The summed E-state index contributed by atoms with van der Waals surface area (Å²) in [5.74, 6) is -3.97. The highest BCUT2D eigenvalue weighted by Crippen LogP contribution is 2.17. The minimum Gasteiger partial charge on any atom is -0.477 e. The van der Waals surface area contributed by atoms with Crippen LogP contribution in [-0.4, -0.2) is 16.1 Å². The van der Waals surface area contributed by atoms with Gasteiger partial charge in [0.1, 0.15) is 10.8 Å². The van der Waals surface area contributed by atoms with Crippen LogP contribution in [0.25, 0.3) is 0 Å². The number of carbonyl (C=O) groups is 1. The molecule has 0 saturated carbocycles. The summed E-state index contributed by atoms with van der Waals surface area (Å²) >= 11 is 5.05. The zero-order chi connectivity index (χ0) is 9.30. The van der Waals surface area contributed by atoms with Crippen molar-refractivity contribution in [2.45, 2.75) is 0 Å². The van der Waals surface area contributed by atoms with Crippen LogP contribution in [0, 0.1) is 11.8 Å². The SMILES string of the molecule is O=C(O)c1cc(F)c(Cl)c(F)n1. The van der Waals surface area contributed by atoms with E-state index in [-0.39, 0.29) is 0 Å². The average Bonchev–Trinajstić information content (AvgIpc) is 1.99. The molecule has 3 nitrogen and oxygen atoms in total. The Morgan fingerprint density at radius 2 is 2.17 bits per heavy atom. The number of pyridine rings is 1. The standard InChI is InChI=1S/C6H2ClF2NO2/c7-4-2(8)1-3(6(11)12)10-5(4)9/h1H,(H,11,12). The highest BCUT2D eigenvalue weighted by Gasteiger charge is 2.13. The second-order valence-corrected chi connectivity index (χ2v) is 2.28. The van der Waals surface area contributed by atoms with E-state index in [1.54, 1.807) is 0 Å². The first-order chi connectivity index (χ1) is 5.52. The number of hydrogen-bond acceptors (Lipinski definition) is 2. The summed E-state index contributed by atoms with van der Waals surface area (Å²) in [5.41, 5.74) is -0.714. The number of hydrogen-bond donors (Lipinski definition) is 1. The Kier molecular flexibility index (Phi) is 2.23. The molecule has 0 aliphatic heterocycles. The van der Waals surface area contributed by atoms with Gasteiger partial charge in [-0.25, -0.2) is 14.2 Å². The van der Waals surface area contributed by atoms with Crippen LogP contribution in [-0.2, 0) is 0 Å². The van der Waals surface area contributed by atoms with Crippen LogP contribution in [0.1, 0.15) is 10.5 Å². The first-order valence-electron chi connectivity index (χ1n) is 2.77. The molecule has 1 heterocycles. The second-order valence-electron chi connectivity index (χ2n) is 1.90. The molecule has 0 aliphatic rings.